The molecule has 2 aromatic carbocycles. The number of esters is 1. The van der Waals surface area contributed by atoms with Gasteiger partial charge in [-0.15, -0.1) is 6.58 Å². The van der Waals surface area contributed by atoms with E-state index in [4.69, 9.17) is 13.7 Å². The lowest BCUT2D eigenvalue weighted by atomic mass is 10.1. The van der Waals surface area contributed by atoms with Gasteiger partial charge in [-0.05, 0) is 43.3 Å². The monoisotopic (exact) mass is 481 g/mol. The molecule has 33 heavy (non-hydrogen) atoms. The Labute approximate surface area is 191 Å². The number of alkyl halides is 2. The molecule has 10 heteroatoms. The van der Waals surface area contributed by atoms with E-state index in [9.17, 15) is 22.0 Å². The maximum absolute atomic E-state index is 14.5. The molecular formula is C23H25F2NO6S. The third-order valence-corrected chi connectivity index (χ3v) is 5.65. The Morgan fingerprint density at radius 3 is 2.30 bits per heavy atom. The summed E-state index contributed by atoms with van der Waals surface area (Å²) in [7, 11) is -2.52. The van der Waals surface area contributed by atoms with Crippen LogP contribution in [-0.2, 0) is 23.8 Å². The van der Waals surface area contributed by atoms with Crippen molar-refractivity contribution in [3.8, 4) is 5.75 Å². The molecule has 0 amide bonds. The Kier molecular flexibility index (Phi) is 9.24. The predicted molar refractivity (Wildman–Crippen MR) is 120 cm³/mol. The number of carbonyl (C=O) groups excluding carboxylic acids is 1. The van der Waals surface area contributed by atoms with Gasteiger partial charge in [-0.2, -0.15) is 17.2 Å². The quantitative estimate of drug-likeness (QED) is 0.144. The van der Waals surface area contributed by atoms with Crippen LogP contribution in [0.1, 0.15) is 18.4 Å². The maximum Gasteiger partial charge on any atom is 0.359 e. The summed E-state index contributed by atoms with van der Waals surface area (Å²) in [5.41, 5.74) is -0.0824. The first-order valence-corrected chi connectivity index (χ1v) is 11.3. The van der Waals surface area contributed by atoms with E-state index in [1.54, 1.807) is 12.1 Å². The fraction of sp³-hybridized carbons (Fsp3) is 0.304. The van der Waals surface area contributed by atoms with Gasteiger partial charge in [0.25, 0.3) is 16.0 Å². The molecule has 178 valence electrons. The minimum atomic E-state index is -3.98. The van der Waals surface area contributed by atoms with Crippen molar-refractivity contribution in [2.24, 2.45) is 4.99 Å². The van der Waals surface area contributed by atoms with Crippen molar-refractivity contribution in [2.45, 2.75) is 30.6 Å². The molecule has 0 atom stereocenters. The number of hydrogen-bond donors (Lipinski definition) is 0. The standard InChI is InChI=1S/C23H25F2NO6S/c1-4-14-23(24,25)21(26-18-8-10-19(30-3)11-9-18)22(27)31-15-5-16-32-33(28,29)20-12-6-17(2)7-13-20/h4,6-13H,1,5,14-16H2,2-3H3. The lowest BCUT2D eigenvalue weighted by Crippen LogP contribution is -2.36. The van der Waals surface area contributed by atoms with E-state index in [0.717, 1.165) is 11.6 Å². The number of carbonyl (C=O) groups is 1. The maximum atomic E-state index is 14.5. The van der Waals surface area contributed by atoms with Crippen molar-refractivity contribution in [2.75, 3.05) is 20.3 Å². The molecule has 0 saturated heterocycles. The molecule has 2 aromatic rings. The van der Waals surface area contributed by atoms with Crippen LogP contribution in [-0.4, -0.2) is 46.3 Å². The van der Waals surface area contributed by atoms with Crippen molar-refractivity contribution in [1.82, 2.24) is 0 Å². The van der Waals surface area contributed by atoms with Gasteiger partial charge >= 0.3 is 5.97 Å². The highest BCUT2D eigenvalue weighted by Crippen LogP contribution is 2.26. The van der Waals surface area contributed by atoms with Crippen LogP contribution in [0.4, 0.5) is 14.5 Å². The SMILES string of the molecule is C=CCC(F)(F)C(=Nc1ccc(OC)cc1)C(=O)OCCCOS(=O)(=O)c1ccc(C)cc1. The summed E-state index contributed by atoms with van der Waals surface area (Å²) in [4.78, 5) is 16.1. The number of allylic oxidation sites excluding steroid dienone is 1. The number of rotatable bonds is 12. The molecule has 7 nitrogen and oxygen atoms in total. The van der Waals surface area contributed by atoms with Gasteiger partial charge in [0, 0.05) is 12.8 Å². The summed E-state index contributed by atoms with van der Waals surface area (Å²) >= 11 is 0. The van der Waals surface area contributed by atoms with E-state index in [1.807, 2.05) is 6.92 Å². The number of benzene rings is 2. The van der Waals surface area contributed by atoms with Crippen LogP contribution in [0.3, 0.4) is 0 Å². The summed E-state index contributed by atoms with van der Waals surface area (Å²) in [6.07, 6.45) is 0.134. The number of hydrogen-bond acceptors (Lipinski definition) is 7. The molecule has 0 unspecified atom stereocenters. The van der Waals surface area contributed by atoms with Gasteiger partial charge in [0.15, 0.2) is 5.71 Å². The van der Waals surface area contributed by atoms with Gasteiger partial charge in [0.05, 0.1) is 30.9 Å². The Hall–Kier alpha value is -3.11. The fourth-order valence-corrected chi connectivity index (χ4v) is 3.52. The van der Waals surface area contributed by atoms with E-state index < -0.39 is 34.1 Å². The van der Waals surface area contributed by atoms with E-state index >= 15 is 0 Å². The lowest BCUT2D eigenvalue weighted by molar-refractivity contribution is -0.137. The number of nitrogens with zero attached hydrogens (tertiary/aromatic N) is 1. The van der Waals surface area contributed by atoms with Gasteiger partial charge in [0.1, 0.15) is 5.75 Å². The largest absolute Gasteiger partial charge is 0.497 e. The first-order valence-electron chi connectivity index (χ1n) is 9.94. The van der Waals surface area contributed by atoms with Gasteiger partial charge < -0.3 is 9.47 Å². The van der Waals surface area contributed by atoms with Crippen molar-refractivity contribution in [1.29, 1.82) is 0 Å². The van der Waals surface area contributed by atoms with Crippen molar-refractivity contribution >= 4 is 27.5 Å². The fourth-order valence-electron chi connectivity index (χ4n) is 2.57. The first-order chi connectivity index (χ1) is 15.6. The van der Waals surface area contributed by atoms with Gasteiger partial charge in [-0.1, -0.05) is 23.8 Å². The molecule has 0 N–H and O–H groups in total. The molecule has 0 aromatic heterocycles. The highest BCUT2D eigenvalue weighted by atomic mass is 32.2. The summed E-state index contributed by atoms with van der Waals surface area (Å²) in [5, 5.41) is 0. The zero-order valence-electron chi connectivity index (χ0n) is 18.3. The third-order valence-electron chi connectivity index (χ3n) is 4.32. The van der Waals surface area contributed by atoms with E-state index in [0.29, 0.717) is 5.75 Å². The Morgan fingerprint density at radius 2 is 1.73 bits per heavy atom. The zero-order valence-corrected chi connectivity index (χ0v) is 19.1. The minimum Gasteiger partial charge on any atom is -0.497 e. The molecule has 0 saturated carbocycles. The zero-order chi connectivity index (χ0) is 24.5. The molecule has 0 spiro atoms. The average Bonchev–Trinajstić information content (AvgIpc) is 2.77. The number of methoxy groups -OCH3 is 1. The molecule has 0 bridgehead atoms. The van der Waals surface area contributed by atoms with Crippen LogP contribution in [0, 0.1) is 6.92 Å². The highest BCUT2D eigenvalue weighted by molar-refractivity contribution is 7.86. The van der Waals surface area contributed by atoms with Gasteiger partial charge in [-0.3, -0.25) is 4.18 Å². The second-order valence-electron chi connectivity index (χ2n) is 6.93. The molecule has 0 radical (unpaired) electrons. The second kappa shape index (κ2) is 11.7. The van der Waals surface area contributed by atoms with Gasteiger partial charge in [0.2, 0.25) is 0 Å². The van der Waals surface area contributed by atoms with Crippen LogP contribution < -0.4 is 4.74 Å². The molecule has 2 rings (SSSR count). The third kappa shape index (κ3) is 7.76. The van der Waals surface area contributed by atoms with E-state index in [2.05, 4.69) is 11.6 Å². The molecular weight excluding hydrogens is 456 g/mol. The Morgan fingerprint density at radius 1 is 1.09 bits per heavy atom. The number of aryl methyl sites for hydroxylation is 1. The minimum absolute atomic E-state index is 0.0110. The normalized spacial score (nSPS) is 12.3. The van der Waals surface area contributed by atoms with Crippen LogP contribution in [0.5, 0.6) is 5.75 Å². The first kappa shape index (κ1) is 26.1. The molecule has 0 fully saturated rings. The van der Waals surface area contributed by atoms with Gasteiger partial charge in [-0.25, -0.2) is 9.79 Å². The molecule has 0 heterocycles. The summed E-state index contributed by atoms with van der Waals surface area (Å²) < 4.78 is 68.1. The van der Waals surface area contributed by atoms with Crippen LogP contribution >= 0.6 is 0 Å². The van der Waals surface area contributed by atoms with Crippen molar-refractivity contribution in [3.05, 3.63) is 66.7 Å². The number of aliphatic imine (C=N–C) groups is 1. The molecule has 0 aliphatic carbocycles. The average molecular weight is 482 g/mol. The summed E-state index contributed by atoms with van der Waals surface area (Å²) in [5.74, 6) is -4.43. The van der Waals surface area contributed by atoms with Crippen molar-refractivity contribution in [3.63, 3.8) is 0 Å². The number of halogens is 2. The summed E-state index contributed by atoms with van der Waals surface area (Å²) in [6.45, 7) is 4.46. The number of ether oxygens (including phenoxy) is 2. The Balaban J connectivity index is 2.00. The lowest BCUT2D eigenvalue weighted by Gasteiger charge is -2.16. The summed E-state index contributed by atoms with van der Waals surface area (Å²) in [6, 6.07) is 11.9. The van der Waals surface area contributed by atoms with Crippen molar-refractivity contribution < 1.29 is 35.6 Å². The predicted octanol–water partition coefficient (Wildman–Crippen LogP) is 4.63. The topological polar surface area (TPSA) is 91.3 Å². The van der Waals surface area contributed by atoms with E-state index in [-0.39, 0.29) is 30.2 Å². The smallest absolute Gasteiger partial charge is 0.359 e. The molecule has 0 aliphatic heterocycles. The second-order valence-corrected chi connectivity index (χ2v) is 8.55. The van der Waals surface area contributed by atoms with Crippen LogP contribution in [0.2, 0.25) is 0 Å². The highest BCUT2D eigenvalue weighted by Gasteiger charge is 2.40. The van der Waals surface area contributed by atoms with E-state index in [1.165, 1.54) is 43.5 Å². The molecule has 0 aliphatic rings. The van der Waals surface area contributed by atoms with Crippen LogP contribution in [0.15, 0.2) is 71.1 Å². The Bertz CT molecular complexity index is 1080. The van der Waals surface area contributed by atoms with Crippen LogP contribution in [0.25, 0.3) is 0 Å².